The highest BCUT2D eigenvalue weighted by Gasteiger charge is 2.55. The Morgan fingerprint density at radius 3 is 2.65 bits per heavy atom. The van der Waals surface area contributed by atoms with Gasteiger partial charge in [0, 0.05) is 12.3 Å². The van der Waals surface area contributed by atoms with Gasteiger partial charge in [-0.3, -0.25) is 0 Å². The molecule has 2 aliphatic carbocycles. The normalized spacial score (nSPS) is 43.4. The smallest absolute Gasteiger partial charge is 0.0915 e. The van der Waals surface area contributed by atoms with Crippen LogP contribution in [0.1, 0.15) is 73.1 Å². The van der Waals surface area contributed by atoms with Gasteiger partial charge < -0.3 is 10.1 Å². The van der Waals surface area contributed by atoms with Gasteiger partial charge >= 0.3 is 0 Å². The highest BCUT2D eigenvalue weighted by atomic mass is 32.1. The Balaban J connectivity index is 1.86. The number of quaternary nitrogens is 1. The zero-order valence-corrected chi connectivity index (χ0v) is 18.0. The van der Waals surface area contributed by atoms with Gasteiger partial charge in [0.2, 0.25) is 0 Å². The number of nitrogens with zero attached hydrogens (tertiary/aromatic N) is 1. The van der Waals surface area contributed by atoms with Gasteiger partial charge in [0.15, 0.2) is 0 Å². The molecule has 0 bridgehead atoms. The maximum absolute atomic E-state index is 6.76. The summed E-state index contributed by atoms with van der Waals surface area (Å²) in [6.07, 6.45) is 9.82. The van der Waals surface area contributed by atoms with Crippen molar-refractivity contribution in [1.82, 2.24) is 0 Å². The van der Waals surface area contributed by atoms with Crippen LogP contribution in [0.4, 0.5) is 0 Å². The van der Waals surface area contributed by atoms with Gasteiger partial charge in [0.05, 0.1) is 27.9 Å². The molecular formula is C22H36N2OS. The molecular weight excluding hydrogens is 340 g/mol. The van der Waals surface area contributed by atoms with Crippen LogP contribution in [-0.2, 0) is 4.74 Å². The van der Waals surface area contributed by atoms with E-state index in [2.05, 4.69) is 63.2 Å². The zero-order chi connectivity index (χ0) is 19.2. The highest BCUT2D eigenvalue weighted by molar-refractivity contribution is 7.78. The van der Waals surface area contributed by atoms with E-state index in [1.165, 1.54) is 25.7 Å². The van der Waals surface area contributed by atoms with Crippen molar-refractivity contribution in [2.45, 2.75) is 95.9 Å². The lowest BCUT2D eigenvalue weighted by Crippen LogP contribution is -2.94. The van der Waals surface area contributed by atoms with E-state index >= 15 is 0 Å². The minimum atomic E-state index is -0.290. The molecule has 1 aliphatic heterocycles. The van der Waals surface area contributed by atoms with E-state index < -0.39 is 0 Å². The van der Waals surface area contributed by atoms with E-state index in [0.717, 1.165) is 12.8 Å². The number of ether oxygens (including phenoxy) is 1. The van der Waals surface area contributed by atoms with Crippen LogP contribution >= 0.6 is 12.2 Å². The van der Waals surface area contributed by atoms with Crippen molar-refractivity contribution >= 4 is 17.4 Å². The first kappa shape index (κ1) is 20.2. The van der Waals surface area contributed by atoms with Gasteiger partial charge in [0.25, 0.3) is 0 Å². The first-order valence-electron chi connectivity index (χ1n) is 10.2. The van der Waals surface area contributed by atoms with Crippen LogP contribution in [0, 0.1) is 24.8 Å². The Morgan fingerprint density at radius 1 is 1.27 bits per heavy atom. The number of fused-ring (bicyclic) bond motifs is 1. The fourth-order valence-corrected chi connectivity index (χ4v) is 6.14. The third-order valence-electron chi connectivity index (χ3n) is 7.78. The Bertz CT molecular complexity index is 624. The van der Waals surface area contributed by atoms with Gasteiger partial charge in [-0.1, -0.05) is 11.6 Å². The molecule has 3 aliphatic rings. The molecule has 2 N–H and O–H groups in total. The van der Waals surface area contributed by atoms with Crippen molar-refractivity contribution in [3.63, 3.8) is 0 Å². The maximum atomic E-state index is 6.76. The summed E-state index contributed by atoms with van der Waals surface area (Å²) < 4.78 is 6.76. The minimum Gasteiger partial charge on any atom is -0.474 e. The van der Waals surface area contributed by atoms with E-state index in [1.807, 2.05) is 0 Å². The van der Waals surface area contributed by atoms with Crippen molar-refractivity contribution in [3.05, 3.63) is 18.7 Å². The molecule has 0 radical (unpaired) electrons. The second kappa shape index (κ2) is 7.13. The largest absolute Gasteiger partial charge is 0.474 e. The number of rotatable bonds is 4. The van der Waals surface area contributed by atoms with Crippen LogP contribution in [0.3, 0.4) is 0 Å². The van der Waals surface area contributed by atoms with E-state index in [9.17, 15) is 0 Å². The summed E-state index contributed by atoms with van der Waals surface area (Å²) in [7, 11) is 4.19. The van der Waals surface area contributed by atoms with E-state index in [4.69, 9.17) is 17.0 Å². The molecule has 1 heterocycles. The van der Waals surface area contributed by atoms with E-state index in [-0.39, 0.29) is 22.8 Å². The third-order valence-corrected chi connectivity index (χ3v) is 7.88. The highest BCUT2D eigenvalue weighted by Crippen LogP contribution is 2.53. The molecule has 0 aromatic rings. The Labute approximate surface area is 165 Å². The molecule has 26 heavy (non-hydrogen) atoms. The van der Waals surface area contributed by atoms with Crippen molar-refractivity contribution in [2.24, 2.45) is 22.7 Å². The average Bonchev–Trinajstić information content (AvgIpc) is 2.99. The molecule has 4 heteroatoms. The second-order valence-corrected chi connectivity index (χ2v) is 10.1. The number of hydrogen-bond acceptors (Lipinski definition) is 3. The lowest BCUT2D eigenvalue weighted by Gasteiger charge is -2.53. The molecule has 0 spiro atoms. The summed E-state index contributed by atoms with van der Waals surface area (Å²) in [6, 6.07) is 0. The number of isothiocyanates is 1. The lowest BCUT2D eigenvalue weighted by molar-refractivity contribution is -0.687. The first-order valence-corrected chi connectivity index (χ1v) is 10.6. The molecule has 0 aromatic carbocycles. The molecule has 0 unspecified atom stereocenters. The van der Waals surface area contributed by atoms with E-state index in [0.29, 0.717) is 17.8 Å². The van der Waals surface area contributed by atoms with Gasteiger partial charge in [-0.15, -0.1) is 0 Å². The average molecular weight is 377 g/mol. The molecule has 0 aromatic heterocycles. The van der Waals surface area contributed by atoms with Crippen LogP contribution in [0.5, 0.6) is 0 Å². The summed E-state index contributed by atoms with van der Waals surface area (Å²) in [6.45, 7) is 11.3. The van der Waals surface area contributed by atoms with Crippen LogP contribution in [0.15, 0.2) is 16.6 Å². The van der Waals surface area contributed by atoms with Gasteiger partial charge in [-0.2, -0.15) is 7.05 Å². The van der Waals surface area contributed by atoms with Crippen LogP contribution < -0.4 is 5.32 Å². The summed E-state index contributed by atoms with van der Waals surface area (Å²) in [5.41, 5.74) is 1.45. The lowest BCUT2D eigenvalue weighted by atomic mass is 9.56. The summed E-state index contributed by atoms with van der Waals surface area (Å²) in [4.78, 5) is 4.39. The SMILES string of the molecule is [CH2-][NH2+][C@@]1(C)CC[C@H]([C@@]2(C)CC[C@@H](C(C)(C)N=C=S)O2)[C@H]2C=C(C)CC[C@@H]21. The molecule has 2 fully saturated rings. The number of aliphatic imine (C=N–C) groups is 1. The number of thiocarbonyl (C=S) groups is 1. The minimum absolute atomic E-state index is 0.0710. The third kappa shape index (κ3) is 3.46. The molecule has 146 valence electrons. The van der Waals surface area contributed by atoms with Crippen LogP contribution in [-0.4, -0.2) is 27.9 Å². The quantitative estimate of drug-likeness (QED) is 0.344. The number of allylic oxidation sites excluding steroid dienone is 2. The van der Waals surface area contributed by atoms with Crippen molar-refractivity contribution in [2.75, 3.05) is 0 Å². The topological polar surface area (TPSA) is 38.2 Å². The number of nitrogens with two attached hydrogens (primary N) is 1. The van der Waals surface area contributed by atoms with Crippen LogP contribution in [0.2, 0.25) is 0 Å². The zero-order valence-electron chi connectivity index (χ0n) is 17.2. The monoisotopic (exact) mass is 376 g/mol. The van der Waals surface area contributed by atoms with Gasteiger partial charge in [-0.25, -0.2) is 4.99 Å². The summed E-state index contributed by atoms with van der Waals surface area (Å²) in [5.74, 6) is 1.86. The Hall–Kier alpha value is -0.540. The Morgan fingerprint density at radius 2 is 2.00 bits per heavy atom. The fourth-order valence-electron chi connectivity index (χ4n) is 5.90. The fraction of sp³-hybridized carbons (Fsp3) is 0.818. The first-order chi connectivity index (χ1) is 12.1. The molecule has 1 saturated heterocycles. The predicted octanol–water partition coefficient (Wildman–Crippen LogP) is 4.30. The van der Waals surface area contributed by atoms with E-state index in [1.54, 1.807) is 5.57 Å². The molecule has 0 amide bonds. The molecule has 3 nitrogen and oxygen atoms in total. The van der Waals surface area contributed by atoms with Gasteiger partial charge in [-0.05, 0) is 90.8 Å². The Kier molecular flexibility index (Phi) is 5.54. The van der Waals surface area contributed by atoms with Crippen molar-refractivity contribution in [3.8, 4) is 0 Å². The number of hydrogen-bond donors (Lipinski definition) is 1. The summed E-state index contributed by atoms with van der Waals surface area (Å²) >= 11 is 4.86. The molecule has 3 rings (SSSR count). The summed E-state index contributed by atoms with van der Waals surface area (Å²) in [5, 5.41) is 4.80. The second-order valence-electron chi connectivity index (χ2n) is 9.91. The molecule has 1 saturated carbocycles. The van der Waals surface area contributed by atoms with Gasteiger partial charge in [0.1, 0.15) is 0 Å². The molecule has 6 atom stereocenters. The van der Waals surface area contributed by atoms with Crippen molar-refractivity contribution < 1.29 is 10.1 Å². The maximum Gasteiger partial charge on any atom is 0.0915 e. The van der Waals surface area contributed by atoms with Crippen LogP contribution in [0.25, 0.3) is 0 Å². The predicted molar refractivity (Wildman–Crippen MR) is 110 cm³/mol. The standard InChI is InChI=1S/C22H36N2OS/c1-15-7-8-17-16(13-15)18(9-11-21(17,4)23-6)22(5)12-10-19(25-22)20(2,3)24-14-26/h13,16-19H,6-12,23H2,1-5H3/t16-,17-,18-,19-,21-,22+/m0/s1. The van der Waals surface area contributed by atoms with Crippen molar-refractivity contribution in [1.29, 1.82) is 0 Å².